The minimum absolute atomic E-state index is 0.650. The molecule has 0 saturated heterocycles. The summed E-state index contributed by atoms with van der Waals surface area (Å²) in [5.41, 5.74) is 6.27. The van der Waals surface area contributed by atoms with E-state index >= 15 is 0 Å². The van der Waals surface area contributed by atoms with Crippen molar-refractivity contribution < 1.29 is 4.74 Å². The van der Waals surface area contributed by atoms with Gasteiger partial charge in [0.2, 0.25) is 0 Å². The van der Waals surface area contributed by atoms with Crippen LogP contribution in [0.25, 0.3) is 10.9 Å². The third-order valence-corrected chi connectivity index (χ3v) is 4.30. The van der Waals surface area contributed by atoms with E-state index in [1.807, 2.05) is 0 Å². The predicted molar refractivity (Wildman–Crippen MR) is 81.1 cm³/mol. The average molecular weight is 268 g/mol. The summed E-state index contributed by atoms with van der Waals surface area (Å²) in [6.45, 7) is 3.69. The fraction of sp³-hybridized carbons (Fsp3) is 0.471. The Hall–Kier alpha value is -1.61. The van der Waals surface area contributed by atoms with Gasteiger partial charge < -0.3 is 10.1 Å². The van der Waals surface area contributed by atoms with Gasteiger partial charge in [-0.1, -0.05) is 13.0 Å². The number of fused-ring (bicyclic) bond motifs is 2. The largest absolute Gasteiger partial charge is 0.381 e. The molecule has 104 valence electrons. The first-order chi connectivity index (χ1) is 9.85. The van der Waals surface area contributed by atoms with E-state index < -0.39 is 0 Å². The predicted octanol–water partition coefficient (Wildman–Crippen LogP) is 3.44. The van der Waals surface area contributed by atoms with E-state index in [1.54, 1.807) is 0 Å². The molecule has 1 aliphatic carbocycles. The smallest absolute Gasteiger partial charge is 0.0755 e. The lowest BCUT2D eigenvalue weighted by molar-refractivity contribution is 0.110. The van der Waals surface area contributed by atoms with E-state index in [4.69, 9.17) is 9.72 Å². The summed E-state index contributed by atoms with van der Waals surface area (Å²) in [6.07, 6.45) is 4.56. The number of aryl methyl sites for hydroxylation is 1. The Morgan fingerprint density at radius 2 is 2.25 bits per heavy atom. The summed E-state index contributed by atoms with van der Waals surface area (Å²) < 4.78 is 5.66. The molecule has 1 saturated carbocycles. The highest BCUT2D eigenvalue weighted by Gasteiger charge is 2.25. The molecular weight excluding hydrogens is 248 g/mol. The first-order valence-electron chi connectivity index (χ1n) is 7.64. The van der Waals surface area contributed by atoms with E-state index in [-0.39, 0.29) is 0 Å². The van der Waals surface area contributed by atoms with Gasteiger partial charge >= 0.3 is 0 Å². The molecule has 0 radical (unpaired) electrons. The molecule has 1 fully saturated rings. The lowest BCUT2D eigenvalue weighted by atomic mass is 10.0. The number of hydrogen-bond acceptors (Lipinski definition) is 3. The number of nitrogens with one attached hydrogen (secondary N) is 1. The molecule has 0 spiro atoms. The van der Waals surface area contributed by atoms with E-state index in [1.165, 1.54) is 40.7 Å². The normalized spacial score (nSPS) is 18.1. The van der Waals surface area contributed by atoms with Gasteiger partial charge in [-0.05, 0) is 37.0 Å². The fourth-order valence-corrected chi connectivity index (χ4v) is 2.92. The maximum Gasteiger partial charge on any atom is 0.0755 e. The minimum Gasteiger partial charge on any atom is -0.381 e. The van der Waals surface area contributed by atoms with Crippen LogP contribution in [-0.4, -0.2) is 17.6 Å². The quantitative estimate of drug-likeness (QED) is 0.926. The summed E-state index contributed by atoms with van der Waals surface area (Å²) in [7, 11) is 0. The summed E-state index contributed by atoms with van der Waals surface area (Å²) >= 11 is 0. The monoisotopic (exact) mass is 268 g/mol. The van der Waals surface area contributed by atoms with Crippen LogP contribution in [0.4, 0.5) is 5.69 Å². The van der Waals surface area contributed by atoms with Crippen molar-refractivity contribution >= 4 is 16.6 Å². The number of ether oxygens (including phenoxy) is 1. The molecule has 0 atom stereocenters. The van der Waals surface area contributed by atoms with Crippen molar-refractivity contribution in [3.05, 3.63) is 35.0 Å². The number of hydrogen-bond donors (Lipinski definition) is 1. The van der Waals surface area contributed by atoms with Crippen LogP contribution in [0.2, 0.25) is 0 Å². The molecule has 0 bridgehead atoms. The second-order valence-corrected chi connectivity index (χ2v) is 5.84. The molecule has 3 nitrogen and oxygen atoms in total. The molecule has 2 heterocycles. The van der Waals surface area contributed by atoms with Crippen LogP contribution in [0.3, 0.4) is 0 Å². The molecule has 20 heavy (non-hydrogen) atoms. The summed E-state index contributed by atoms with van der Waals surface area (Å²) in [4.78, 5) is 4.86. The second kappa shape index (κ2) is 4.74. The Morgan fingerprint density at radius 3 is 3.05 bits per heavy atom. The van der Waals surface area contributed by atoms with Gasteiger partial charge in [0.05, 0.1) is 30.1 Å². The average Bonchev–Trinajstić information content (AvgIpc) is 3.30. The van der Waals surface area contributed by atoms with Gasteiger partial charge in [-0.15, -0.1) is 0 Å². The van der Waals surface area contributed by atoms with Crippen LogP contribution >= 0.6 is 0 Å². The van der Waals surface area contributed by atoms with E-state index in [2.05, 4.69) is 30.4 Å². The summed E-state index contributed by atoms with van der Waals surface area (Å²) in [6, 6.07) is 7.31. The first kappa shape index (κ1) is 12.2. The van der Waals surface area contributed by atoms with Crippen LogP contribution in [0.15, 0.2) is 18.2 Å². The van der Waals surface area contributed by atoms with Gasteiger partial charge in [0.1, 0.15) is 0 Å². The van der Waals surface area contributed by atoms with Gasteiger partial charge in [0, 0.05) is 23.4 Å². The number of rotatable bonds is 3. The zero-order valence-corrected chi connectivity index (χ0v) is 11.9. The maximum absolute atomic E-state index is 5.66. The van der Waals surface area contributed by atoms with Crippen molar-refractivity contribution in [2.24, 2.45) is 0 Å². The fourth-order valence-electron chi connectivity index (χ4n) is 2.92. The number of aromatic nitrogens is 1. The number of nitrogens with zero attached hydrogens (tertiary/aromatic N) is 1. The number of benzene rings is 1. The molecule has 3 heteroatoms. The van der Waals surface area contributed by atoms with Crippen molar-refractivity contribution in [2.45, 2.75) is 45.3 Å². The molecule has 1 aromatic heterocycles. The van der Waals surface area contributed by atoms with E-state index in [0.29, 0.717) is 12.6 Å². The molecular formula is C17H20N2O. The van der Waals surface area contributed by atoms with E-state index in [9.17, 15) is 0 Å². The highest BCUT2D eigenvalue weighted by molar-refractivity contribution is 5.94. The molecule has 2 aromatic rings. The molecule has 1 N–H and O–H groups in total. The SMILES string of the molecule is CCc1ccc2nc3c(c(NC4CC4)c2c1)COCC3. The van der Waals surface area contributed by atoms with Crippen LogP contribution in [0, 0.1) is 0 Å². The highest BCUT2D eigenvalue weighted by Crippen LogP contribution is 2.35. The van der Waals surface area contributed by atoms with E-state index in [0.717, 1.165) is 25.0 Å². The third kappa shape index (κ3) is 2.06. The van der Waals surface area contributed by atoms with Crippen molar-refractivity contribution in [3.63, 3.8) is 0 Å². The third-order valence-electron chi connectivity index (χ3n) is 4.30. The minimum atomic E-state index is 0.650. The first-order valence-corrected chi connectivity index (χ1v) is 7.64. The van der Waals surface area contributed by atoms with Crippen molar-refractivity contribution in [1.82, 2.24) is 4.98 Å². The van der Waals surface area contributed by atoms with Crippen molar-refractivity contribution in [2.75, 3.05) is 11.9 Å². The Balaban J connectivity index is 1.94. The van der Waals surface area contributed by atoms with Gasteiger partial charge in [-0.2, -0.15) is 0 Å². The molecule has 0 unspecified atom stereocenters. The van der Waals surface area contributed by atoms with Crippen molar-refractivity contribution in [3.8, 4) is 0 Å². The van der Waals surface area contributed by atoms with Crippen LogP contribution < -0.4 is 5.32 Å². The van der Waals surface area contributed by atoms with Crippen LogP contribution in [0.5, 0.6) is 0 Å². The lowest BCUT2D eigenvalue weighted by Crippen LogP contribution is -2.16. The second-order valence-electron chi connectivity index (χ2n) is 5.84. The molecule has 1 aromatic carbocycles. The standard InChI is InChI=1S/C17H20N2O/c1-2-11-3-6-15-13(9-11)17(18-12-4-5-12)14-10-20-8-7-16(14)19-15/h3,6,9,12H,2,4-5,7-8,10H2,1H3,(H,18,19). The van der Waals surface area contributed by atoms with Crippen LogP contribution in [-0.2, 0) is 24.2 Å². The zero-order chi connectivity index (χ0) is 13.5. The molecule has 4 rings (SSSR count). The number of pyridine rings is 1. The topological polar surface area (TPSA) is 34.2 Å². The van der Waals surface area contributed by atoms with Crippen LogP contribution in [0.1, 0.15) is 36.6 Å². The molecule has 1 aliphatic heterocycles. The van der Waals surface area contributed by atoms with Gasteiger partial charge in [-0.25, -0.2) is 0 Å². The Labute approximate surface area is 119 Å². The summed E-state index contributed by atoms with van der Waals surface area (Å²) in [5, 5.41) is 4.98. The van der Waals surface area contributed by atoms with Gasteiger partial charge in [0.25, 0.3) is 0 Å². The Kier molecular flexibility index (Phi) is 2.88. The summed E-state index contributed by atoms with van der Waals surface area (Å²) in [5.74, 6) is 0. The zero-order valence-electron chi connectivity index (χ0n) is 11.9. The maximum atomic E-state index is 5.66. The molecule has 2 aliphatic rings. The lowest BCUT2D eigenvalue weighted by Gasteiger charge is -2.22. The molecule has 0 amide bonds. The Morgan fingerprint density at radius 1 is 1.35 bits per heavy atom. The van der Waals surface area contributed by atoms with Gasteiger partial charge in [0.15, 0.2) is 0 Å². The van der Waals surface area contributed by atoms with Gasteiger partial charge in [-0.3, -0.25) is 4.98 Å². The number of anilines is 1. The Bertz CT molecular complexity index is 662. The highest BCUT2D eigenvalue weighted by atomic mass is 16.5. The van der Waals surface area contributed by atoms with Crippen molar-refractivity contribution in [1.29, 1.82) is 0 Å².